The SMILES string of the molecule is Cc1nc(-c2ccccc2)sc1C(=O)C1=C(O)C(=O)N(CCCN(C)C)C1c1ccccn1. The lowest BCUT2D eigenvalue weighted by atomic mass is 9.98. The number of Topliss-reactive ketones (excluding diaryl/α,β-unsaturated/α-hetero) is 1. The number of carbonyl (C=O) groups is 2. The van der Waals surface area contributed by atoms with Crippen molar-refractivity contribution in [2.24, 2.45) is 0 Å². The van der Waals surface area contributed by atoms with Crippen LogP contribution in [-0.4, -0.2) is 63.7 Å². The highest BCUT2D eigenvalue weighted by Gasteiger charge is 2.44. The summed E-state index contributed by atoms with van der Waals surface area (Å²) in [4.78, 5) is 39.7. The van der Waals surface area contributed by atoms with E-state index >= 15 is 0 Å². The van der Waals surface area contributed by atoms with Crippen LogP contribution in [0.2, 0.25) is 0 Å². The molecule has 33 heavy (non-hydrogen) atoms. The molecule has 0 radical (unpaired) electrons. The van der Waals surface area contributed by atoms with E-state index in [0.29, 0.717) is 29.2 Å². The van der Waals surface area contributed by atoms with Crippen molar-refractivity contribution in [1.29, 1.82) is 0 Å². The van der Waals surface area contributed by atoms with Gasteiger partial charge >= 0.3 is 0 Å². The summed E-state index contributed by atoms with van der Waals surface area (Å²) in [5, 5.41) is 11.5. The first-order valence-corrected chi connectivity index (χ1v) is 11.6. The van der Waals surface area contributed by atoms with E-state index in [0.717, 1.165) is 17.1 Å². The van der Waals surface area contributed by atoms with E-state index in [-0.39, 0.29) is 11.4 Å². The van der Waals surface area contributed by atoms with Crippen molar-refractivity contribution in [3.05, 3.63) is 82.3 Å². The molecule has 1 amide bonds. The van der Waals surface area contributed by atoms with E-state index in [1.165, 1.54) is 11.3 Å². The zero-order valence-corrected chi connectivity index (χ0v) is 19.7. The number of ketones is 1. The fourth-order valence-corrected chi connectivity index (χ4v) is 4.98. The van der Waals surface area contributed by atoms with Gasteiger partial charge in [-0.2, -0.15) is 0 Å². The van der Waals surface area contributed by atoms with Crippen molar-refractivity contribution in [3.63, 3.8) is 0 Å². The lowest BCUT2D eigenvalue weighted by molar-refractivity contribution is -0.129. The van der Waals surface area contributed by atoms with E-state index < -0.39 is 17.7 Å². The number of carbonyl (C=O) groups excluding carboxylic acids is 2. The maximum Gasteiger partial charge on any atom is 0.290 e. The standard InChI is InChI=1S/C25H26N4O3S/c1-16-23(33-24(27-16)17-10-5-4-6-11-17)21(30)19-20(18-12-7-8-13-26-18)29(25(32)22(19)31)15-9-14-28(2)3/h4-8,10-13,20,31H,9,14-15H2,1-3H3. The predicted molar refractivity (Wildman–Crippen MR) is 128 cm³/mol. The Labute approximate surface area is 197 Å². The molecule has 4 rings (SSSR count). The van der Waals surface area contributed by atoms with Crippen molar-refractivity contribution >= 4 is 23.0 Å². The predicted octanol–water partition coefficient (Wildman–Crippen LogP) is 4.04. The summed E-state index contributed by atoms with van der Waals surface area (Å²) in [5.74, 6) is -1.43. The molecule has 170 valence electrons. The maximum absolute atomic E-state index is 13.7. The van der Waals surface area contributed by atoms with Crippen LogP contribution >= 0.6 is 11.3 Å². The molecule has 0 bridgehead atoms. The van der Waals surface area contributed by atoms with Crippen molar-refractivity contribution in [1.82, 2.24) is 19.8 Å². The number of thiazole rings is 1. The molecule has 3 aromatic rings. The Hall–Kier alpha value is -3.36. The Morgan fingerprint density at radius 2 is 1.88 bits per heavy atom. The number of rotatable bonds is 8. The van der Waals surface area contributed by atoms with Crippen molar-refractivity contribution in [2.45, 2.75) is 19.4 Å². The normalized spacial score (nSPS) is 16.2. The number of aliphatic hydroxyl groups is 1. The van der Waals surface area contributed by atoms with Crippen molar-refractivity contribution in [2.75, 3.05) is 27.2 Å². The van der Waals surface area contributed by atoms with Gasteiger partial charge in [0.05, 0.1) is 21.8 Å². The summed E-state index contributed by atoms with van der Waals surface area (Å²) >= 11 is 1.27. The molecule has 0 fully saturated rings. The van der Waals surface area contributed by atoms with E-state index in [2.05, 4.69) is 9.97 Å². The van der Waals surface area contributed by atoms with Gasteiger partial charge in [0.2, 0.25) is 5.78 Å². The van der Waals surface area contributed by atoms with Gasteiger partial charge in [-0.15, -0.1) is 11.3 Å². The summed E-state index contributed by atoms with van der Waals surface area (Å²) < 4.78 is 0. The second-order valence-corrected chi connectivity index (χ2v) is 9.20. The largest absolute Gasteiger partial charge is 0.503 e. The molecule has 0 aliphatic carbocycles. The Bertz CT molecular complexity index is 1190. The van der Waals surface area contributed by atoms with Gasteiger partial charge < -0.3 is 14.9 Å². The molecule has 3 heterocycles. The lowest BCUT2D eigenvalue weighted by Gasteiger charge is -2.26. The second-order valence-electron chi connectivity index (χ2n) is 8.20. The average molecular weight is 463 g/mol. The smallest absolute Gasteiger partial charge is 0.290 e. The molecule has 1 aromatic carbocycles. The lowest BCUT2D eigenvalue weighted by Crippen LogP contribution is -2.33. The molecule has 1 atom stereocenters. The topological polar surface area (TPSA) is 86.6 Å². The Morgan fingerprint density at radius 1 is 1.15 bits per heavy atom. The molecule has 0 saturated carbocycles. The molecule has 7 nitrogen and oxygen atoms in total. The van der Waals surface area contributed by atoms with Gasteiger partial charge in [0.15, 0.2) is 5.76 Å². The van der Waals surface area contributed by atoms with Crippen molar-refractivity contribution < 1.29 is 14.7 Å². The van der Waals surface area contributed by atoms with Crippen LogP contribution in [0, 0.1) is 6.92 Å². The van der Waals surface area contributed by atoms with Crippen LogP contribution in [0.25, 0.3) is 10.6 Å². The minimum Gasteiger partial charge on any atom is -0.503 e. The molecule has 1 aliphatic heterocycles. The van der Waals surface area contributed by atoms with Gasteiger partial charge in [0.1, 0.15) is 11.0 Å². The van der Waals surface area contributed by atoms with Crippen LogP contribution in [0.1, 0.15) is 33.5 Å². The van der Waals surface area contributed by atoms with Crippen LogP contribution in [0.5, 0.6) is 0 Å². The molecular formula is C25H26N4O3S. The summed E-state index contributed by atoms with van der Waals surface area (Å²) in [6.07, 6.45) is 2.33. The van der Waals surface area contributed by atoms with E-state index in [1.807, 2.05) is 55.4 Å². The van der Waals surface area contributed by atoms with Crippen molar-refractivity contribution in [3.8, 4) is 10.6 Å². The fourth-order valence-electron chi connectivity index (χ4n) is 3.95. The molecule has 1 N–H and O–H groups in total. The number of benzene rings is 1. The number of aryl methyl sites for hydroxylation is 1. The van der Waals surface area contributed by atoms with Gasteiger partial charge in [-0.25, -0.2) is 4.98 Å². The monoisotopic (exact) mass is 462 g/mol. The van der Waals surface area contributed by atoms with Gasteiger partial charge in [0.25, 0.3) is 5.91 Å². The quantitative estimate of drug-likeness (QED) is 0.509. The second kappa shape index (κ2) is 9.64. The molecule has 1 aliphatic rings. The molecule has 8 heteroatoms. The van der Waals surface area contributed by atoms with E-state index in [9.17, 15) is 14.7 Å². The fraction of sp³-hybridized carbons (Fsp3) is 0.280. The molecule has 2 aromatic heterocycles. The molecule has 0 spiro atoms. The Morgan fingerprint density at radius 3 is 2.55 bits per heavy atom. The first kappa shape index (κ1) is 22.8. The van der Waals surface area contributed by atoms with Gasteiger partial charge in [0, 0.05) is 18.3 Å². The van der Waals surface area contributed by atoms with Crippen LogP contribution in [0.3, 0.4) is 0 Å². The molecular weight excluding hydrogens is 436 g/mol. The van der Waals surface area contributed by atoms with Crippen LogP contribution in [0.4, 0.5) is 0 Å². The first-order valence-electron chi connectivity index (χ1n) is 10.8. The number of aromatic nitrogens is 2. The summed E-state index contributed by atoms with van der Waals surface area (Å²) in [5.41, 5.74) is 2.10. The third-order valence-corrected chi connectivity index (χ3v) is 6.75. The van der Waals surface area contributed by atoms with Crippen LogP contribution < -0.4 is 0 Å². The number of hydrogen-bond acceptors (Lipinski definition) is 7. The Balaban J connectivity index is 1.72. The van der Waals surface area contributed by atoms with Crippen LogP contribution in [0.15, 0.2) is 66.1 Å². The van der Waals surface area contributed by atoms with Gasteiger partial charge in [-0.05, 0) is 46.1 Å². The summed E-state index contributed by atoms with van der Waals surface area (Å²) in [6, 6.07) is 14.3. The summed E-state index contributed by atoms with van der Waals surface area (Å²) in [6.45, 7) is 2.95. The van der Waals surface area contributed by atoms with E-state index in [1.54, 1.807) is 30.2 Å². The third-order valence-electron chi connectivity index (χ3n) is 5.54. The number of aliphatic hydroxyl groups excluding tert-OH is 1. The minimum atomic E-state index is -0.741. The zero-order valence-electron chi connectivity index (χ0n) is 18.9. The zero-order chi connectivity index (χ0) is 23.5. The van der Waals surface area contributed by atoms with E-state index in [4.69, 9.17) is 0 Å². The number of hydrogen-bond donors (Lipinski definition) is 1. The average Bonchev–Trinajstić information content (AvgIpc) is 3.32. The molecule has 1 unspecified atom stereocenters. The Kier molecular flexibility index (Phi) is 6.67. The minimum absolute atomic E-state index is 0.0647. The van der Waals surface area contributed by atoms with Gasteiger partial charge in [-0.1, -0.05) is 36.4 Å². The highest BCUT2D eigenvalue weighted by atomic mass is 32.1. The molecule has 0 saturated heterocycles. The number of amides is 1. The summed E-state index contributed by atoms with van der Waals surface area (Å²) in [7, 11) is 3.92. The highest BCUT2D eigenvalue weighted by Crippen LogP contribution is 2.40. The number of nitrogens with zero attached hydrogens (tertiary/aromatic N) is 4. The highest BCUT2D eigenvalue weighted by molar-refractivity contribution is 7.17. The maximum atomic E-state index is 13.7. The van der Waals surface area contributed by atoms with Gasteiger partial charge in [-0.3, -0.25) is 14.6 Å². The van der Waals surface area contributed by atoms with Crippen LogP contribution in [-0.2, 0) is 4.79 Å². The number of pyridine rings is 1. The third kappa shape index (κ3) is 4.58. The first-order chi connectivity index (χ1) is 15.9.